The molecule has 1 aliphatic rings. The van der Waals surface area contributed by atoms with Crippen LogP contribution in [0.3, 0.4) is 0 Å². The molecule has 104 valence electrons. The van der Waals surface area contributed by atoms with Gasteiger partial charge in [0.05, 0.1) is 17.1 Å². The molecule has 0 atom stereocenters. The third-order valence-electron chi connectivity index (χ3n) is 3.37. The van der Waals surface area contributed by atoms with Crippen LogP contribution in [0.2, 0.25) is 0 Å². The van der Waals surface area contributed by atoms with Crippen molar-refractivity contribution in [2.24, 2.45) is 0 Å². The molecule has 0 saturated heterocycles. The number of nitrogens with one attached hydrogen (secondary N) is 1. The van der Waals surface area contributed by atoms with Crippen LogP contribution in [-0.4, -0.2) is 28.8 Å². The zero-order valence-corrected chi connectivity index (χ0v) is 10.9. The monoisotopic (exact) mass is 266 g/mol. The van der Waals surface area contributed by atoms with Crippen LogP contribution in [0.5, 0.6) is 5.75 Å². The molecule has 0 radical (unpaired) electrons. The summed E-state index contributed by atoms with van der Waals surface area (Å²) in [6, 6.07) is 4.90. The molecule has 0 bridgehead atoms. The van der Waals surface area contributed by atoms with Crippen LogP contribution in [-0.2, 0) is 0 Å². The molecule has 0 aromatic heterocycles. The van der Waals surface area contributed by atoms with E-state index in [1.54, 1.807) is 25.1 Å². The van der Waals surface area contributed by atoms with E-state index in [1.807, 2.05) is 0 Å². The quantitative estimate of drug-likeness (QED) is 0.609. The Balaban J connectivity index is 2.18. The number of hydrogen-bond donors (Lipinski definition) is 2. The highest BCUT2D eigenvalue weighted by Crippen LogP contribution is 2.37. The highest BCUT2D eigenvalue weighted by atomic mass is 16.6. The Hall–Kier alpha value is -1.82. The van der Waals surface area contributed by atoms with E-state index >= 15 is 0 Å². The van der Waals surface area contributed by atoms with Gasteiger partial charge in [0.1, 0.15) is 5.69 Å². The number of ether oxygens (including phenoxy) is 1. The third kappa shape index (κ3) is 2.96. The van der Waals surface area contributed by atoms with Gasteiger partial charge in [0.2, 0.25) is 0 Å². The predicted octanol–water partition coefficient (Wildman–Crippen LogP) is 2.32. The molecule has 2 N–H and O–H groups in total. The molecule has 1 saturated carbocycles. The Kier molecular flexibility index (Phi) is 3.90. The number of anilines is 1. The van der Waals surface area contributed by atoms with Gasteiger partial charge in [0, 0.05) is 6.54 Å². The number of rotatable bonds is 6. The summed E-state index contributed by atoms with van der Waals surface area (Å²) >= 11 is 0. The van der Waals surface area contributed by atoms with Crippen molar-refractivity contribution in [2.45, 2.75) is 31.8 Å². The molecule has 6 nitrogen and oxygen atoms in total. The average molecular weight is 266 g/mol. The topological polar surface area (TPSA) is 84.6 Å². The Labute approximate surface area is 111 Å². The fourth-order valence-corrected chi connectivity index (χ4v) is 2.15. The average Bonchev–Trinajstić information content (AvgIpc) is 2.34. The molecular weight excluding hydrogens is 248 g/mol. The van der Waals surface area contributed by atoms with Gasteiger partial charge in [0.15, 0.2) is 5.75 Å². The lowest BCUT2D eigenvalue weighted by Gasteiger charge is -2.36. The van der Waals surface area contributed by atoms with Gasteiger partial charge in [-0.1, -0.05) is 6.07 Å². The van der Waals surface area contributed by atoms with Gasteiger partial charge in [-0.05, 0) is 38.3 Å². The van der Waals surface area contributed by atoms with Crippen LogP contribution in [0.1, 0.15) is 26.2 Å². The van der Waals surface area contributed by atoms with E-state index in [9.17, 15) is 15.2 Å². The maximum atomic E-state index is 11.1. The molecule has 1 aromatic rings. The minimum Gasteiger partial charge on any atom is -0.487 e. The zero-order chi connectivity index (χ0) is 13.9. The van der Waals surface area contributed by atoms with E-state index in [4.69, 9.17) is 4.74 Å². The van der Waals surface area contributed by atoms with Gasteiger partial charge < -0.3 is 15.2 Å². The van der Waals surface area contributed by atoms with E-state index in [-0.39, 0.29) is 11.4 Å². The second-order valence-electron chi connectivity index (χ2n) is 4.77. The van der Waals surface area contributed by atoms with Gasteiger partial charge in [-0.2, -0.15) is 0 Å². The molecule has 0 aliphatic heterocycles. The molecule has 1 fully saturated rings. The van der Waals surface area contributed by atoms with Gasteiger partial charge in [0.25, 0.3) is 0 Å². The number of nitro groups is 1. The first-order valence-electron chi connectivity index (χ1n) is 6.42. The van der Waals surface area contributed by atoms with Crippen molar-refractivity contribution < 1.29 is 14.8 Å². The summed E-state index contributed by atoms with van der Waals surface area (Å²) in [7, 11) is 0. The van der Waals surface area contributed by atoms with Crippen molar-refractivity contribution in [1.82, 2.24) is 0 Å². The van der Waals surface area contributed by atoms with Gasteiger partial charge in [-0.25, -0.2) is 0 Å². The Morgan fingerprint density at radius 3 is 2.79 bits per heavy atom. The third-order valence-corrected chi connectivity index (χ3v) is 3.37. The lowest BCUT2D eigenvalue weighted by molar-refractivity contribution is -0.384. The summed E-state index contributed by atoms with van der Waals surface area (Å²) in [5, 5.41) is 24.1. The minimum absolute atomic E-state index is 0.0766. The molecule has 19 heavy (non-hydrogen) atoms. The lowest BCUT2D eigenvalue weighted by atomic mass is 9.80. The number of nitrogens with zero attached hydrogens (tertiary/aromatic N) is 1. The van der Waals surface area contributed by atoms with Crippen LogP contribution in [0, 0.1) is 10.1 Å². The predicted molar refractivity (Wildman–Crippen MR) is 71.6 cm³/mol. The Morgan fingerprint density at radius 1 is 1.53 bits per heavy atom. The molecule has 2 rings (SSSR count). The molecule has 6 heteroatoms. The lowest BCUT2D eigenvalue weighted by Crippen LogP contribution is -2.43. The van der Waals surface area contributed by atoms with Gasteiger partial charge >= 0.3 is 5.69 Å². The molecule has 0 heterocycles. The molecule has 0 unspecified atom stereocenters. The minimum atomic E-state index is -0.727. The maximum Gasteiger partial charge on any atom is 0.333 e. The van der Waals surface area contributed by atoms with E-state index in [2.05, 4.69) is 5.32 Å². The van der Waals surface area contributed by atoms with Crippen LogP contribution < -0.4 is 10.1 Å². The van der Waals surface area contributed by atoms with Gasteiger partial charge in [-0.3, -0.25) is 10.1 Å². The van der Waals surface area contributed by atoms with Gasteiger partial charge in [-0.15, -0.1) is 0 Å². The highest BCUT2D eigenvalue weighted by molar-refractivity contribution is 5.68. The van der Waals surface area contributed by atoms with E-state index in [0.717, 1.165) is 19.3 Å². The number of benzene rings is 1. The highest BCUT2D eigenvalue weighted by Gasteiger charge is 2.34. The largest absolute Gasteiger partial charge is 0.487 e. The van der Waals surface area contributed by atoms with Crippen molar-refractivity contribution in [3.05, 3.63) is 28.3 Å². The van der Waals surface area contributed by atoms with Crippen LogP contribution >= 0.6 is 0 Å². The summed E-state index contributed by atoms with van der Waals surface area (Å²) in [6.07, 6.45) is 2.47. The van der Waals surface area contributed by atoms with Crippen molar-refractivity contribution in [3.63, 3.8) is 0 Å². The fourth-order valence-electron chi connectivity index (χ4n) is 2.15. The first-order chi connectivity index (χ1) is 9.06. The second kappa shape index (κ2) is 5.44. The van der Waals surface area contributed by atoms with Crippen LogP contribution in [0.4, 0.5) is 11.4 Å². The smallest absolute Gasteiger partial charge is 0.333 e. The number of hydrogen-bond acceptors (Lipinski definition) is 5. The standard InChI is InChI=1S/C13H18N2O4/c1-2-19-11-6-3-5-10(12(11)15(17)18)14-9-13(16)7-4-8-13/h3,5-6,14,16H,2,4,7-9H2,1H3. The Morgan fingerprint density at radius 2 is 2.26 bits per heavy atom. The van der Waals surface area contributed by atoms with Crippen LogP contribution in [0.25, 0.3) is 0 Å². The van der Waals surface area contributed by atoms with Crippen molar-refractivity contribution in [3.8, 4) is 5.75 Å². The second-order valence-corrected chi connectivity index (χ2v) is 4.77. The molecular formula is C13H18N2O4. The molecule has 1 aromatic carbocycles. The first kappa shape index (κ1) is 13.6. The van der Waals surface area contributed by atoms with E-state index in [0.29, 0.717) is 18.8 Å². The number of nitro benzene ring substituents is 1. The first-order valence-corrected chi connectivity index (χ1v) is 6.42. The number of para-hydroxylation sites is 1. The Bertz CT molecular complexity index is 472. The summed E-state index contributed by atoms with van der Waals surface area (Å²) in [5.74, 6) is 0.248. The fraction of sp³-hybridized carbons (Fsp3) is 0.538. The van der Waals surface area contributed by atoms with E-state index in [1.165, 1.54) is 0 Å². The maximum absolute atomic E-state index is 11.1. The van der Waals surface area contributed by atoms with E-state index < -0.39 is 10.5 Å². The summed E-state index contributed by atoms with van der Waals surface area (Å²) in [4.78, 5) is 10.7. The summed E-state index contributed by atoms with van der Waals surface area (Å²) in [6.45, 7) is 2.47. The number of aliphatic hydroxyl groups is 1. The van der Waals surface area contributed by atoms with Crippen LogP contribution in [0.15, 0.2) is 18.2 Å². The SMILES string of the molecule is CCOc1cccc(NCC2(O)CCC2)c1[N+](=O)[O-]. The summed E-state index contributed by atoms with van der Waals surface area (Å²) in [5.41, 5.74) is -0.418. The summed E-state index contributed by atoms with van der Waals surface area (Å²) < 4.78 is 5.27. The molecule has 1 aliphatic carbocycles. The van der Waals surface area contributed by atoms with Crippen molar-refractivity contribution >= 4 is 11.4 Å². The van der Waals surface area contributed by atoms with Crippen molar-refractivity contribution in [2.75, 3.05) is 18.5 Å². The normalized spacial score (nSPS) is 16.5. The molecule has 0 amide bonds. The zero-order valence-electron chi connectivity index (χ0n) is 10.9. The molecule has 0 spiro atoms. The van der Waals surface area contributed by atoms with Crippen molar-refractivity contribution in [1.29, 1.82) is 0 Å².